The first-order valence-corrected chi connectivity index (χ1v) is 6.84. The van der Waals surface area contributed by atoms with Gasteiger partial charge in [-0.1, -0.05) is 47.6 Å². The van der Waals surface area contributed by atoms with E-state index in [1.54, 1.807) is 0 Å². The maximum absolute atomic E-state index is 11.8. The second-order valence-electron chi connectivity index (χ2n) is 4.80. The van der Waals surface area contributed by atoms with E-state index in [-0.39, 0.29) is 18.5 Å². The van der Waals surface area contributed by atoms with Crippen molar-refractivity contribution in [3.63, 3.8) is 0 Å². The van der Waals surface area contributed by atoms with Crippen molar-refractivity contribution < 1.29 is 9.32 Å². The van der Waals surface area contributed by atoms with Crippen molar-refractivity contribution in [1.29, 1.82) is 0 Å². The molecule has 6 heteroatoms. The average Bonchev–Trinajstić information content (AvgIpc) is 3.17. The van der Waals surface area contributed by atoms with Gasteiger partial charge in [0.1, 0.15) is 6.04 Å². The monoisotopic (exact) mass is 284 g/mol. The summed E-state index contributed by atoms with van der Waals surface area (Å²) in [7, 11) is 0. The van der Waals surface area contributed by atoms with Crippen molar-refractivity contribution in [2.45, 2.75) is 19.0 Å². The van der Waals surface area contributed by atoms with Gasteiger partial charge < -0.3 is 9.84 Å². The molecular weight excluding hydrogens is 268 g/mol. The van der Waals surface area contributed by atoms with Crippen LogP contribution in [0.1, 0.15) is 17.3 Å². The topological polar surface area (TPSA) is 80.1 Å². The van der Waals surface area contributed by atoms with Crippen molar-refractivity contribution >= 4 is 5.91 Å². The van der Waals surface area contributed by atoms with Crippen molar-refractivity contribution in [3.05, 3.63) is 59.8 Å². The predicted molar refractivity (Wildman–Crippen MR) is 76.3 cm³/mol. The molecule has 0 bridgehead atoms. The van der Waals surface area contributed by atoms with Crippen LogP contribution < -0.4 is 10.6 Å². The Morgan fingerprint density at radius 2 is 2.24 bits per heavy atom. The van der Waals surface area contributed by atoms with Crippen LogP contribution in [0, 0.1) is 0 Å². The van der Waals surface area contributed by atoms with E-state index in [0.717, 1.165) is 12.1 Å². The fraction of sp³-hybridized carbons (Fsp3) is 0.267. The quantitative estimate of drug-likeness (QED) is 0.794. The number of nitrogens with zero attached hydrogens (tertiary/aromatic N) is 2. The summed E-state index contributed by atoms with van der Waals surface area (Å²) >= 11 is 0. The standard InChI is InChI=1S/C15H16N4O2/c20-15(12-7-4-8-16-12)17-10-14-18-13(19-21-14)9-11-5-2-1-3-6-11/h1-7,12,16H,8-10H2,(H,17,20)/t12-/m0/s1. The van der Waals surface area contributed by atoms with Crippen molar-refractivity contribution in [1.82, 2.24) is 20.8 Å². The smallest absolute Gasteiger partial charge is 0.246 e. The number of rotatable bonds is 5. The normalized spacial score (nSPS) is 17.0. The minimum Gasteiger partial charge on any atom is -0.345 e. The first-order chi connectivity index (χ1) is 10.3. The predicted octanol–water partition coefficient (Wildman–Crippen LogP) is 0.805. The van der Waals surface area contributed by atoms with Crippen LogP contribution in [0.2, 0.25) is 0 Å². The molecule has 0 spiro atoms. The molecule has 1 atom stereocenters. The molecule has 2 heterocycles. The summed E-state index contributed by atoms with van der Waals surface area (Å²) in [4.78, 5) is 16.1. The van der Waals surface area contributed by atoms with E-state index < -0.39 is 0 Å². The van der Waals surface area contributed by atoms with Gasteiger partial charge in [-0.25, -0.2) is 0 Å². The molecule has 6 nitrogen and oxygen atoms in total. The Balaban J connectivity index is 1.53. The summed E-state index contributed by atoms with van der Waals surface area (Å²) < 4.78 is 5.14. The third-order valence-corrected chi connectivity index (χ3v) is 3.20. The van der Waals surface area contributed by atoms with Crippen LogP contribution in [-0.2, 0) is 17.8 Å². The molecule has 108 valence electrons. The van der Waals surface area contributed by atoms with Gasteiger partial charge in [0, 0.05) is 13.0 Å². The van der Waals surface area contributed by atoms with Crippen molar-refractivity contribution in [2.75, 3.05) is 6.54 Å². The van der Waals surface area contributed by atoms with Crippen LogP contribution in [0.3, 0.4) is 0 Å². The van der Waals surface area contributed by atoms with Gasteiger partial charge in [0.2, 0.25) is 11.8 Å². The number of carbonyl (C=O) groups excluding carboxylic acids is 1. The van der Waals surface area contributed by atoms with Crippen LogP contribution in [0.15, 0.2) is 47.0 Å². The third-order valence-electron chi connectivity index (χ3n) is 3.20. The number of hydrogen-bond donors (Lipinski definition) is 2. The fourth-order valence-corrected chi connectivity index (χ4v) is 2.13. The molecule has 1 amide bonds. The molecule has 3 rings (SSSR count). The molecule has 0 saturated carbocycles. The van der Waals surface area contributed by atoms with Gasteiger partial charge in [-0.15, -0.1) is 0 Å². The van der Waals surface area contributed by atoms with Gasteiger partial charge in [0.05, 0.1) is 6.54 Å². The van der Waals surface area contributed by atoms with E-state index in [2.05, 4.69) is 20.8 Å². The minimum atomic E-state index is -0.267. The highest BCUT2D eigenvalue weighted by Crippen LogP contribution is 2.06. The number of nitrogens with one attached hydrogen (secondary N) is 2. The van der Waals surface area contributed by atoms with Gasteiger partial charge in [0.25, 0.3) is 0 Å². The highest BCUT2D eigenvalue weighted by Gasteiger charge is 2.17. The van der Waals surface area contributed by atoms with E-state index in [4.69, 9.17) is 4.52 Å². The first-order valence-electron chi connectivity index (χ1n) is 6.84. The number of hydrogen-bond acceptors (Lipinski definition) is 5. The SMILES string of the molecule is O=C(NCc1nc(Cc2ccccc2)no1)[C@@H]1C=CCN1. The molecule has 0 fully saturated rings. The van der Waals surface area contributed by atoms with Crippen LogP contribution in [0.4, 0.5) is 0 Å². The molecule has 0 aliphatic carbocycles. The Morgan fingerprint density at radius 1 is 1.38 bits per heavy atom. The lowest BCUT2D eigenvalue weighted by Gasteiger charge is -2.07. The Kier molecular flexibility index (Phi) is 4.07. The lowest BCUT2D eigenvalue weighted by molar-refractivity contribution is -0.122. The van der Waals surface area contributed by atoms with Gasteiger partial charge in [0.15, 0.2) is 5.82 Å². The molecule has 1 aromatic heterocycles. The molecule has 1 aliphatic rings. The Hall–Kier alpha value is -2.47. The van der Waals surface area contributed by atoms with E-state index >= 15 is 0 Å². The Bertz CT molecular complexity index is 636. The maximum Gasteiger partial charge on any atom is 0.246 e. The second kappa shape index (κ2) is 6.32. The zero-order valence-electron chi connectivity index (χ0n) is 11.5. The summed E-state index contributed by atoms with van der Waals surface area (Å²) in [6.45, 7) is 0.965. The number of benzene rings is 1. The molecule has 0 unspecified atom stereocenters. The highest BCUT2D eigenvalue weighted by molar-refractivity contribution is 5.84. The number of carbonyl (C=O) groups is 1. The summed E-state index contributed by atoms with van der Waals surface area (Å²) in [5, 5.41) is 9.73. The summed E-state index contributed by atoms with van der Waals surface area (Å²) in [6.07, 6.45) is 4.38. The number of aromatic nitrogens is 2. The lowest BCUT2D eigenvalue weighted by atomic mass is 10.1. The minimum absolute atomic E-state index is 0.0911. The fourth-order valence-electron chi connectivity index (χ4n) is 2.13. The average molecular weight is 284 g/mol. The van der Waals surface area contributed by atoms with Crippen LogP contribution in [0.5, 0.6) is 0 Å². The largest absolute Gasteiger partial charge is 0.345 e. The van der Waals surface area contributed by atoms with E-state index in [1.165, 1.54) is 0 Å². The molecule has 1 aromatic carbocycles. The van der Waals surface area contributed by atoms with E-state index in [1.807, 2.05) is 42.5 Å². The van der Waals surface area contributed by atoms with Crippen LogP contribution >= 0.6 is 0 Å². The Morgan fingerprint density at radius 3 is 3.00 bits per heavy atom. The lowest BCUT2D eigenvalue weighted by Crippen LogP contribution is -2.40. The first kappa shape index (κ1) is 13.5. The molecule has 21 heavy (non-hydrogen) atoms. The molecule has 0 saturated heterocycles. The Labute approximate surface area is 122 Å². The summed E-state index contributed by atoms with van der Waals surface area (Å²) in [5.41, 5.74) is 1.12. The summed E-state index contributed by atoms with van der Waals surface area (Å²) in [6, 6.07) is 9.66. The van der Waals surface area contributed by atoms with E-state index in [0.29, 0.717) is 18.1 Å². The highest BCUT2D eigenvalue weighted by atomic mass is 16.5. The molecular formula is C15H16N4O2. The molecule has 1 aliphatic heterocycles. The third kappa shape index (κ3) is 3.55. The van der Waals surface area contributed by atoms with Crippen LogP contribution in [0.25, 0.3) is 0 Å². The van der Waals surface area contributed by atoms with Crippen molar-refractivity contribution in [2.24, 2.45) is 0 Å². The molecule has 2 aromatic rings. The van der Waals surface area contributed by atoms with Gasteiger partial charge >= 0.3 is 0 Å². The van der Waals surface area contributed by atoms with Gasteiger partial charge in [-0.3, -0.25) is 10.1 Å². The second-order valence-corrected chi connectivity index (χ2v) is 4.80. The molecule has 2 N–H and O–H groups in total. The maximum atomic E-state index is 11.8. The van der Waals surface area contributed by atoms with Crippen LogP contribution in [-0.4, -0.2) is 28.6 Å². The number of amides is 1. The summed E-state index contributed by atoms with van der Waals surface area (Å²) in [5.74, 6) is 0.937. The molecule has 0 radical (unpaired) electrons. The zero-order chi connectivity index (χ0) is 14.5. The van der Waals surface area contributed by atoms with Gasteiger partial charge in [-0.05, 0) is 5.56 Å². The zero-order valence-corrected chi connectivity index (χ0v) is 11.5. The van der Waals surface area contributed by atoms with Crippen molar-refractivity contribution in [3.8, 4) is 0 Å². The van der Waals surface area contributed by atoms with Gasteiger partial charge in [-0.2, -0.15) is 4.98 Å². The van der Waals surface area contributed by atoms with E-state index in [9.17, 15) is 4.79 Å².